The van der Waals surface area contributed by atoms with Crippen LogP contribution >= 0.6 is 23.2 Å². The van der Waals surface area contributed by atoms with Gasteiger partial charge in [0.2, 0.25) is 11.8 Å². The fourth-order valence-corrected chi connectivity index (χ4v) is 2.42. The molecule has 132 valence electrons. The van der Waals surface area contributed by atoms with E-state index in [0.29, 0.717) is 27.2 Å². The monoisotopic (exact) mass is 380 g/mol. The van der Waals surface area contributed by atoms with Crippen molar-refractivity contribution in [3.63, 3.8) is 0 Å². The summed E-state index contributed by atoms with van der Waals surface area (Å²) in [4.78, 5) is 25.0. The summed E-state index contributed by atoms with van der Waals surface area (Å²) in [6.45, 7) is 3.05. The van der Waals surface area contributed by atoms with Gasteiger partial charge in [-0.1, -0.05) is 35.3 Å². The molecular weight excluding hydrogens is 363 g/mol. The Morgan fingerprint density at radius 2 is 1.60 bits per heavy atom. The Hall–Kier alpha value is -2.24. The lowest BCUT2D eigenvalue weighted by molar-refractivity contribution is -0.135. The Bertz CT molecular complexity index is 807. The average molecular weight is 381 g/mol. The predicted molar refractivity (Wildman–Crippen MR) is 100 cm³/mol. The molecule has 25 heavy (non-hydrogen) atoms. The number of ether oxygens (including phenoxy) is 1. The van der Waals surface area contributed by atoms with Crippen LogP contribution in [0.25, 0.3) is 0 Å². The molecular formula is C18H18Cl2N2O3. The standard InChI is InChI=1S/C18H18Cl2N2O3/c1-18(2,17(24)22-14-7-5-4-6-12(14)19)16(23)21-11-8-9-15(25-3)13(20)10-11/h4-10H,1-3H3,(H,21,23)(H,22,24). The maximum atomic E-state index is 12.5. The fourth-order valence-electron chi connectivity index (χ4n) is 1.98. The number of carbonyl (C=O) groups is 2. The van der Waals surface area contributed by atoms with Crippen molar-refractivity contribution in [1.82, 2.24) is 0 Å². The van der Waals surface area contributed by atoms with Crippen molar-refractivity contribution in [2.45, 2.75) is 13.8 Å². The second-order valence-electron chi connectivity index (χ2n) is 5.86. The third-order valence-electron chi connectivity index (χ3n) is 3.67. The summed E-state index contributed by atoms with van der Waals surface area (Å²) in [5.41, 5.74) is -0.414. The Labute approximate surface area is 156 Å². The molecule has 0 bridgehead atoms. The van der Waals surface area contributed by atoms with Crippen LogP contribution < -0.4 is 15.4 Å². The zero-order valence-electron chi connectivity index (χ0n) is 14.0. The quantitative estimate of drug-likeness (QED) is 0.744. The highest BCUT2D eigenvalue weighted by molar-refractivity contribution is 6.34. The number of anilines is 2. The lowest BCUT2D eigenvalue weighted by atomic mass is 9.90. The minimum Gasteiger partial charge on any atom is -0.495 e. The molecule has 0 saturated carbocycles. The van der Waals surface area contributed by atoms with Gasteiger partial charge in [0.15, 0.2) is 0 Å². The SMILES string of the molecule is COc1ccc(NC(=O)C(C)(C)C(=O)Nc2ccccc2Cl)cc1Cl. The van der Waals surface area contributed by atoms with E-state index in [1.807, 2.05) is 0 Å². The molecule has 2 rings (SSSR count). The molecule has 0 radical (unpaired) electrons. The summed E-state index contributed by atoms with van der Waals surface area (Å²) >= 11 is 12.1. The number of methoxy groups -OCH3 is 1. The summed E-state index contributed by atoms with van der Waals surface area (Å²) in [6.07, 6.45) is 0. The highest BCUT2D eigenvalue weighted by atomic mass is 35.5. The van der Waals surface area contributed by atoms with E-state index < -0.39 is 17.2 Å². The number of hydrogen-bond donors (Lipinski definition) is 2. The Morgan fingerprint density at radius 3 is 2.20 bits per heavy atom. The van der Waals surface area contributed by atoms with E-state index in [4.69, 9.17) is 27.9 Å². The van der Waals surface area contributed by atoms with Crippen molar-refractivity contribution in [2.24, 2.45) is 5.41 Å². The Kier molecular flexibility index (Phi) is 5.93. The molecule has 2 amide bonds. The van der Waals surface area contributed by atoms with Gasteiger partial charge in [-0.2, -0.15) is 0 Å². The van der Waals surface area contributed by atoms with E-state index in [1.54, 1.807) is 42.5 Å². The molecule has 7 heteroatoms. The van der Waals surface area contributed by atoms with Gasteiger partial charge in [-0.15, -0.1) is 0 Å². The van der Waals surface area contributed by atoms with Gasteiger partial charge in [-0.25, -0.2) is 0 Å². The minimum absolute atomic E-state index is 0.360. The first-order chi connectivity index (χ1) is 11.8. The third kappa shape index (κ3) is 4.44. The molecule has 0 unspecified atom stereocenters. The molecule has 0 heterocycles. The summed E-state index contributed by atoms with van der Waals surface area (Å²) in [5.74, 6) is -0.452. The molecule has 0 aliphatic heterocycles. The molecule has 2 N–H and O–H groups in total. The molecule has 5 nitrogen and oxygen atoms in total. The van der Waals surface area contributed by atoms with Crippen molar-refractivity contribution >= 4 is 46.4 Å². The van der Waals surface area contributed by atoms with E-state index in [9.17, 15) is 9.59 Å². The molecule has 2 aromatic rings. The number of rotatable bonds is 5. The van der Waals surface area contributed by atoms with Crippen LogP contribution in [0.15, 0.2) is 42.5 Å². The number of para-hydroxylation sites is 1. The second-order valence-corrected chi connectivity index (χ2v) is 6.68. The van der Waals surface area contributed by atoms with Gasteiger partial charge < -0.3 is 15.4 Å². The molecule has 0 aliphatic carbocycles. The molecule has 0 aliphatic rings. The van der Waals surface area contributed by atoms with Crippen LogP contribution in [0.1, 0.15) is 13.8 Å². The van der Waals surface area contributed by atoms with Crippen molar-refractivity contribution in [3.05, 3.63) is 52.5 Å². The first-order valence-corrected chi connectivity index (χ1v) is 8.22. The minimum atomic E-state index is -1.33. The van der Waals surface area contributed by atoms with Crippen LogP contribution in [0.3, 0.4) is 0 Å². The number of amides is 2. The topological polar surface area (TPSA) is 67.4 Å². The van der Waals surface area contributed by atoms with E-state index in [2.05, 4.69) is 10.6 Å². The smallest absolute Gasteiger partial charge is 0.239 e. The summed E-state index contributed by atoms with van der Waals surface area (Å²) in [5, 5.41) is 6.11. The summed E-state index contributed by atoms with van der Waals surface area (Å²) < 4.78 is 5.07. The van der Waals surface area contributed by atoms with Crippen molar-refractivity contribution < 1.29 is 14.3 Å². The number of benzene rings is 2. The van der Waals surface area contributed by atoms with Crippen LogP contribution in [0.5, 0.6) is 5.75 Å². The van der Waals surface area contributed by atoms with Crippen molar-refractivity contribution in [2.75, 3.05) is 17.7 Å². The molecule has 0 atom stereocenters. The molecule has 0 spiro atoms. The van der Waals surface area contributed by atoms with Crippen molar-refractivity contribution in [1.29, 1.82) is 0 Å². The number of carbonyl (C=O) groups excluding carboxylic acids is 2. The lowest BCUT2D eigenvalue weighted by Gasteiger charge is -2.23. The van der Waals surface area contributed by atoms with Crippen LogP contribution in [-0.2, 0) is 9.59 Å². The fraction of sp³-hybridized carbons (Fsp3) is 0.222. The first-order valence-electron chi connectivity index (χ1n) is 7.46. The van der Waals surface area contributed by atoms with Crippen LogP contribution in [-0.4, -0.2) is 18.9 Å². The van der Waals surface area contributed by atoms with E-state index in [0.717, 1.165) is 0 Å². The molecule has 0 fully saturated rings. The maximum Gasteiger partial charge on any atom is 0.239 e. The van der Waals surface area contributed by atoms with Gasteiger partial charge in [-0.3, -0.25) is 9.59 Å². The van der Waals surface area contributed by atoms with Gasteiger partial charge >= 0.3 is 0 Å². The normalized spacial score (nSPS) is 10.9. The van der Waals surface area contributed by atoms with Crippen LogP contribution in [0, 0.1) is 5.41 Å². The highest BCUT2D eigenvalue weighted by Gasteiger charge is 2.36. The van der Waals surface area contributed by atoms with E-state index in [1.165, 1.54) is 21.0 Å². The van der Waals surface area contributed by atoms with Gasteiger partial charge in [-0.05, 0) is 44.2 Å². The highest BCUT2D eigenvalue weighted by Crippen LogP contribution is 2.29. The zero-order valence-corrected chi connectivity index (χ0v) is 15.5. The second kappa shape index (κ2) is 7.76. The Balaban J connectivity index is 2.12. The first kappa shape index (κ1) is 19.1. The summed E-state index contributed by atoms with van der Waals surface area (Å²) in [7, 11) is 1.50. The molecule has 0 saturated heterocycles. The predicted octanol–water partition coefficient (Wildman–Crippen LogP) is 4.61. The third-order valence-corrected chi connectivity index (χ3v) is 4.29. The Morgan fingerprint density at radius 1 is 0.960 bits per heavy atom. The molecule has 2 aromatic carbocycles. The average Bonchev–Trinajstić information content (AvgIpc) is 2.57. The number of halogens is 2. The zero-order chi connectivity index (χ0) is 18.6. The van der Waals surface area contributed by atoms with Crippen LogP contribution in [0.2, 0.25) is 10.0 Å². The van der Waals surface area contributed by atoms with Crippen LogP contribution in [0.4, 0.5) is 11.4 Å². The number of nitrogens with one attached hydrogen (secondary N) is 2. The lowest BCUT2D eigenvalue weighted by Crippen LogP contribution is -2.41. The van der Waals surface area contributed by atoms with Gasteiger partial charge in [0.25, 0.3) is 0 Å². The van der Waals surface area contributed by atoms with Gasteiger partial charge in [0, 0.05) is 5.69 Å². The maximum absolute atomic E-state index is 12.5. The molecule has 0 aromatic heterocycles. The number of hydrogen-bond acceptors (Lipinski definition) is 3. The van der Waals surface area contributed by atoms with Crippen molar-refractivity contribution in [3.8, 4) is 5.75 Å². The van der Waals surface area contributed by atoms with Gasteiger partial charge in [0.1, 0.15) is 11.2 Å². The van der Waals surface area contributed by atoms with E-state index in [-0.39, 0.29) is 0 Å². The van der Waals surface area contributed by atoms with E-state index >= 15 is 0 Å². The largest absolute Gasteiger partial charge is 0.495 e. The summed E-state index contributed by atoms with van der Waals surface area (Å²) in [6, 6.07) is 11.7. The van der Waals surface area contributed by atoms with Gasteiger partial charge in [0.05, 0.1) is 22.8 Å².